The number of nitrogens with zero attached hydrogens (tertiary/aromatic N) is 2. The predicted octanol–water partition coefficient (Wildman–Crippen LogP) is 1.46. The topological polar surface area (TPSA) is 63.7 Å². The van der Waals surface area contributed by atoms with Gasteiger partial charge in [0.1, 0.15) is 0 Å². The van der Waals surface area contributed by atoms with Crippen LogP contribution in [0.4, 0.5) is 0 Å². The highest BCUT2D eigenvalue weighted by Crippen LogP contribution is 2.30. The summed E-state index contributed by atoms with van der Waals surface area (Å²) in [4.78, 5) is 18.8. The molecule has 6 nitrogen and oxygen atoms in total. The second-order valence-corrected chi connectivity index (χ2v) is 7.14. The first-order valence-electron chi connectivity index (χ1n) is 9.25. The van der Waals surface area contributed by atoms with Crippen LogP contribution in [0.2, 0.25) is 0 Å². The minimum Gasteiger partial charge on any atom is -0.381 e. The van der Waals surface area contributed by atoms with E-state index >= 15 is 0 Å². The average molecular weight is 347 g/mol. The summed E-state index contributed by atoms with van der Waals surface area (Å²) in [5.74, 6) is 1.08. The van der Waals surface area contributed by atoms with Crippen LogP contribution >= 0.6 is 0 Å². The monoisotopic (exact) mass is 347 g/mol. The number of carbonyl (C=O) groups is 1. The maximum atomic E-state index is 12.5. The molecule has 1 aromatic heterocycles. The molecule has 2 atom stereocenters. The van der Waals surface area contributed by atoms with Crippen LogP contribution in [-0.4, -0.2) is 61.9 Å². The largest absolute Gasteiger partial charge is 0.381 e. The Labute approximate surface area is 149 Å². The Kier molecular flexibility index (Phi) is 6.78. The van der Waals surface area contributed by atoms with Crippen molar-refractivity contribution in [3.8, 4) is 0 Å². The van der Waals surface area contributed by atoms with E-state index < -0.39 is 0 Å². The number of carbonyl (C=O) groups excluding carboxylic acids is 1. The van der Waals surface area contributed by atoms with E-state index in [0.717, 1.165) is 51.4 Å². The van der Waals surface area contributed by atoms with E-state index in [1.54, 1.807) is 6.20 Å². The minimum absolute atomic E-state index is 0.0855. The van der Waals surface area contributed by atoms with Gasteiger partial charge in [0.25, 0.3) is 0 Å². The molecule has 3 heterocycles. The maximum Gasteiger partial charge on any atom is 0.234 e. The van der Waals surface area contributed by atoms with E-state index in [9.17, 15) is 4.79 Å². The van der Waals surface area contributed by atoms with Gasteiger partial charge in [0, 0.05) is 44.5 Å². The molecule has 138 valence electrons. The zero-order valence-electron chi connectivity index (χ0n) is 15.0. The predicted molar refractivity (Wildman–Crippen MR) is 95.0 cm³/mol. The maximum absolute atomic E-state index is 12.5. The van der Waals surface area contributed by atoms with Crippen molar-refractivity contribution in [2.75, 3.05) is 40.0 Å². The highest BCUT2D eigenvalue weighted by molar-refractivity contribution is 5.78. The fourth-order valence-electron chi connectivity index (χ4n) is 3.87. The third-order valence-corrected chi connectivity index (χ3v) is 5.19. The number of nitrogens with one attached hydrogen (secondary N) is 1. The standard InChI is InChI=1S/C19H29N3O3/c1-22(12-16-4-2-3-8-20-16)13-19(23)21-18-7-11-25-14-17(18)15-5-9-24-10-6-15/h2-4,8,15,17-18H,5-7,9-14H2,1H3,(H,21,23)/t17-,18-/m1/s1. The lowest BCUT2D eigenvalue weighted by Gasteiger charge is -2.39. The molecule has 0 saturated carbocycles. The van der Waals surface area contributed by atoms with Crippen LogP contribution in [0.3, 0.4) is 0 Å². The lowest BCUT2D eigenvalue weighted by molar-refractivity contribution is -0.124. The van der Waals surface area contributed by atoms with Gasteiger partial charge in [0.05, 0.1) is 18.8 Å². The van der Waals surface area contributed by atoms with Crippen molar-refractivity contribution in [2.24, 2.45) is 11.8 Å². The first-order chi connectivity index (χ1) is 12.2. The lowest BCUT2D eigenvalue weighted by atomic mass is 9.79. The summed E-state index contributed by atoms with van der Waals surface area (Å²) >= 11 is 0. The normalized spacial score (nSPS) is 25.0. The quantitative estimate of drug-likeness (QED) is 0.844. The molecule has 3 rings (SSSR count). The summed E-state index contributed by atoms with van der Waals surface area (Å²) in [7, 11) is 1.95. The van der Waals surface area contributed by atoms with E-state index in [1.165, 1.54) is 0 Å². The fourth-order valence-corrected chi connectivity index (χ4v) is 3.87. The Hall–Kier alpha value is -1.50. The fraction of sp³-hybridized carbons (Fsp3) is 0.684. The number of pyridine rings is 1. The molecule has 1 N–H and O–H groups in total. The van der Waals surface area contributed by atoms with Gasteiger partial charge in [-0.05, 0) is 44.4 Å². The zero-order chi connectivity index (χ0) is 17.5. The van der Waals surface area contributed by atoms with E-state index in [-0.39, 0.29) is 11.9 Å². The van der Waals surface area contributed by atoms with Gasteiger partial charge in [0.2, 0.25) is 5.91 Å². The van der Waals surface area contributed by atoms with Gasteiger partial charge in [-0.15, -0.1) is 0 Å². The molecule has 0 aliphatic carbocycles. The lowest BCUT2D eigenvalue weighted by Crippen LogP contribution is -2.51. The Morgan fingerprint density at radius 1 is 1.24 bits per heavy atom. The van der Waals surface area contributed by atoms with Crippen molar-refractivity contribution in [3.63, 3.8) is 0 Å². The summed E-state index contributed by atoms with van der Waals surface area (Å²) < 4.78 is 11.2. The number of amides is 1. The molecule has 2 aliphatic rings. The van der Waals surface area contributed by atoms with Crippen molar-refractivity contribution in [2.45, 2.75) is 31.8 Å². The Bertz CT molecular complexity index is 534. The molecule has 2 aliphatic heterocycles. The summed E-state index contributed by atoms with van der Waals surface area (Å²) in [5, 5.41) is 3.26. The molecule has 25 heavy (non-hydrogen) atoms. The van der Waals surface area contributed by atoms with Crippen LogP contribution < -0.4 is 5.32 Å². The summed E-state index contributed by atoms with van der Waals surface area (Å²) in [5.41, 5.74) is 0.976. The van der Waals surface area contributed by atoms with Gasteiger partial charge in [0.15, 0.2) is 0 Å². The van der Waals surface area contributed by atoms with Crippen molar-refractivity contribution in [3.05, 3.63) is 30.1 Å². The molecule has 0 radical (unpaired) electrons. The molecule has 1 aromatic rings. The van der Waals surface area contributed by atoms with Crippen molar-refractivity contribution in [1.29, 1.82) is 0 Å². The Morgan fingerprint density at radius 3 is 2.80 bits per heavy atom. The van der Waals surface area contributed by atoms with Gasteiger partial charge in [-0.3, -0.25) is 14.7 Å². The van der Waals surface area contributed by atoms with Crippen LogP contribution in [-0.2, 0) is 20.8 Å². The Morgan fingerprint density at radius 2 is 2.04 bits per heavy atom. The van der Waals surface area contributed by atoms with E-state index in [1.807, 2.05) is 30.1 Å². The molecule has 0 aromatic carbocycles. The number of hydrogen-bond acceptors (Lipinski definition) is 5. The van der Waals surface area contributed by atoms with Gasteiger partial charge in [-0.25, -0.2) is 0 Å². The molecule has 2 fully saturated rings. The smallest absolute Gasteiger partial charge is 0.234 e. The zero-order valence-corrected chi connectivity index (χ0v) is 15.0. The first-order valence-corrected chi connectivity index (χ1v) is 9.25. The van der Waals surface area contributed by atoms with Crippen LogP contribution in [0.5, 0.6) is 0 Å². The average Bonchev–Trinajstić information content (AvgIpc) is 2.63. The van der Waals surface area contributed by atoms with Crippen LogP contribution in [0.15, 0.2) is 24.4 Å². The number of aromatic nitrogens is 1. The second-order valence-electron chi connectivity index (χ2n) is 7.14. The Balaban J connectivity index is 1.49. The number of ether oxygens (including phenoxy) is 2. The minimum atomic E-state index is 0.0855. The molecule has 0 spiro atoms. The van der Waals surface area contributed by atoms with Gasteiger partial charge < -0.3 is 14.8 Å². The molecule has 6 heteroatoms. The highest BCUT2D eigenvalue weighted by Gasteiger charge is 2.34. The molecule has 2 saturated heterocycles. The first kappa shape index (κ1) is 18.3. The second kappa shape index (κ2) is 9.27. The van der Waals surface area contributed by atoms with Crippen LogP contribution in [0.1, 0.15) is 25.0 Å². The van der Waals surface area contributed by atoms with Gasteiger partial charge in [-0.1, -0.05) is 6.07 Å². The van der Waals surface area contributed by atoms with E-state index in [4.69, 9.17) is 9.47 Å². The summed E-state index contributed by atoms with van der Waals surface area (Å²) in [6.45, 7) is 4.19. The van der Waals surface area contributed by atoms with Gasteiger partial charge in [-0.2, -0.15) is 0 Å². The van der Waals surface area contributed by atoms with Crippen molar-refractivity contribution >= 4 is 5.91 Å². The van der Waals surface area contributed by atoms with Crippen LogP contribution in [0.25, 0.3) is 0 Å². The highest BCUT2D eigenvalue weighted by atomic mass is 16.5. The van der Waals surface area contributed by atoms with Gasteiger partial charge >= 0.3 is 0 Å². The molecular weight excluding hydrogens is 318 g/mol. The van der Waals surface area contributed by atoms with Crippen molar-refractivity contribution < 1.29 is 14.3 Å². The number of rotatable bonds is 6. The molecule has 0 bridgehead atoms. The SMILES string of the molecule is CN(CC(=O)N[C@@H]1CCOC[C@@H]1C1CCOCC1)Cc1ccccn1. The summed E-state index contributed by atoms with van der Waals surface area (Å²) in [6.07, 6.45) is 4.82. The van der Waals surface area contributed by atoms with E-state index in [2.05, 4.69) is 10.3 Å². The third-order valence-electron chi connectivity index (χ3n) is 5.19. The number of hydrogen-bond donors (Lipinski definition) is 1. The molecule has 1 amide bonds. The van der Waals surface area contributed by atoms with Crippen LogP contribution in [0, 0.1) is 11.8 Å². The third kappa shape index (κ3) is 5.49. The molecule has 0 unspecified atom stereocenters. The number of likely N-dealkylation sites (N-methyl/N-ethyl adjacent to an activating group) is 1. The summed E-state index contributed by atoms with van der Waals surface area (Å²) in [6, 6.07) is 6.07. The molecular formula is C19H29N3O3. The van der Waals surface area contributed by atoms with E-state index in [0.29, 0.717) is 24.9 Å². The van der Waals surface area contributed by atoms with Crippen molar-refractivity contribution in [1.82, 2.24) is 15.2 Å².